The Balaban J connectivity index is 2.43. The normalized spacial score (nSPS) is 15.8. The Bertz CT molecular complexity index is 749. The number of hydrogen-bond donors (Lipinski definition) is 0. The van der Waals surface area contributed by atoms with E-state index in [4.69, 9.17) is 11.6 Å². The number of anilines is 1. The molecule has 1 aliphatic heterocycles. The van der Waals surface area contributed by atoms with E-state index >= 15 is 0 Å². The van der Waals surface area contributed by atoms with Gasteiger partial charge in [-0.25, -0.2) is 4.90 Å². The molecule has 1 aliphatic rings. The molecule has 2 rings (SSSR count). The van der Waals surface area contributed by atoms with Crippen molar-refractivity contribution < 1.29 is 9.59 Å². The van der Waals surface area contributed by atoms with Gasteiger partial charge < -0.3 is 0 Å². The number of aryl methyl sites for hydroxylation is 2. The third-order valence-corrected chi connectivity index (χ3v) is 5.99. The number of imide groups is 1. The zero-order chi connectivity index (χ0) is 17.5. The summed E-state index contributed by atoms with van der Waals surface area (Å²) in [5, 5.41) is 0.681. The number of amides is 2. The van der Waals surface area contributed by atoms with E-state index in [1.807, 2.05) is 19.1 Å². The molecule has 0 spiro atoms. The highest BCUT2D eigenvalue weighted by atomic mass is 35.5. The first-order valence-electron chi connectivity index (χ1n) is 7.55. The lowest BCUT2D eigenvalue weighted by atomic mass is 10.1. The zero-order valence-electron chi connectivity index (χ0n) is 14.4. The Labute approximate surface area is 143 Å². The molecule has 0 unspecified atom stereocenters. The van der Waals surface area contributed by atoms with Gasteiger partial charge in [-0.15, -0.1) is 13.2 Å². The van der Waals surface area contributed by atoms with Crippen LogP contribution in [-0.2, 0) is 16.0 Å². The highest BCUT2D eigenvalue weighted by Gasteiger charge is 2.35. The van der Waals surface area contributed by atoms with Crippen molar-refractivity contribution in [2.45, 2.75) is 27.2 Å². The zero-order valence-corrected chi connectivity index (χ0v) is 16.0. The largest absolute Gasteiger partial charge is 0.269 e. The Hall–Kier alpha value is -1.31. The lowest BCUT2D eigenvalue weighted by molar-refractivity contribution is -0.120. The van der Waals surface area contributed by atoms with Gasteiger partial charge in [-0.3, -0.25) is 9.59 Å². The number of benzene rings is 1. The van der Waals surface area contributed by atoms with Gasteiger partial charge in [-0.05, 0) is 69.9 Å². The van der Waals surface area contributed by atoms with E-state index in [0.717, 1.165) is 23.7 Å². The third-order valence-electron chi connectivity index (χ3n) is 4.20. The number of halogens is 1. The van der Waals surface area contributed by atoms with E-state index in [1.165, 1.54) is 4.90 Å². The molecule has 3 nitrogen and oxygen atoms in total. The first-order chi connectivity index (χ1) is 10.5. The van der Waals surface area contributed by atoms with Crippen LogP contribution in [0.2, 0.25) is 5.02 Å². The standard InChI is InChI=1S/C18H23ClNO2P/c1-11-9-15(19)14(7-8-23(4,5)6)10-16(11)20-17(21)12(2)13(3)18(20)22/h9-10H,4,7-8H2,1-3,5-6H3. The van der Waals surface area contributed by atoms with Crippen LogP contribution < -0.4 is 4.90 Å². The van der Waals surface area contributed by atoms with Crippen LogP contribution in [0, 0.1) is 6.92 Å². The van der Waals surface area contributed by atoms with Crippen LogP contribution in [-0.4, -0.2) is 37.6 Å². The predicted octanol–water partition coefficient (Wildman–Crippen LogP) is 4.11. The van der Waals surface area contributed by atoms with Gasteiger partial charge >= 0.3 is 0 Å². The summed E-state index contributed by atoms with van der Waals surface area (Å²) in [7, 11) is 0. The molecule has 2 amide bonds. The van der Waals surface area contributed by atoms with Crippen LogP contribution in [0.3, 0.4) is 0 Å². The van der Waals surface area contributed by atoms with Gasteiger partial charge in [0.05, 0.1) is 5.69 Å². The van der Waals surface area contributed by atoms with E-state index in [2.05, 4.69) is 19.6 Å². The minimum atomic E-state index is -1.16. The molecule has 1 aromatic rings. The third kappa shape index (κ3) is 3.62. The number of rotatable bonds is 4. The minimum absolute atomic E-state index is 0.242. The van der Waals surface area contributed by atoms with Gasteiger partial charge in [0.15, 0.2) is 0 Å². The summed E-state index contributed by atoms with van der Waals surface area (Å²) in [6.07, 6.45) is 6.00. The van der Waals surface area contributed by atoms with Crippen molar-refractivity contribution in [2.24, 2.45) is 0 Å². The van der Waals surface area contributed by atoms with Crippen molar-refractivity contribution in [3.05, 3.63) is 39.4 Å². The minimum Gasteiger partial charge on any atom is -0.269 e. The molecule has 0 aliphatic carbocycles. The lowest BCUT2D eigenvalue weighted by Crippen LogP contribution is -2.32. The monoisotopic (exact) mass is 351 g/mol. The maximum Gasteiger partial charge on any atom is 0.261 e. The summed E-state index contributed by atoms with van der Waals surface area (Å²) in [6, 6.07) is 3.72. The average Bonchev–Trinajstić information content (AvgIpc) is 2.62. The van der Waals surface area contributed by atoms with Gasteiger partial charge in [-0.1, -0.05) is 11.6 Å². The Morgan fingerprint density at radius 3 is 2.09 bits per heavy atom. The van der Waals surface area contributed by atoms with E-state index in [-0.39, 0.29) is 11.8 Å². The second-order valence-electron chi connectivity index (χ2n) is 6.84. The predicted molar refractivity (Wildman–Crippen MR) is 102 cm³/mol. The quantitative estimate of drug-likeness (QED) is 0.604. The number of carbonyl (C=O) groups is 2. The van der Waals surface area contributed by atoms with Gasteiger partial charge in [0.25, 0.3) is 11.8 Å². The van der Waals surface area contributed by atoms with Crippen molar-refractivity contribution in [2.75, 3.05) is 24.4 Å². The van der Waals surface area contributed by atoms with Crippen molar-refractivity contribution >= 4 is 42.3 Å². The first-order valence-corrected chi connectivity index (χ1v) is 11.0. The smallest absolute Gasteiger partial charge is 0.261 e. The molecular formula is C18H23ClNO2P. The molecule has 0 N–H and O–H groups in total. The van der Waals surface area contributed by atoms with Crippen LogP contribution in [0.4, 0.5) is 5.69 Å². The fourth-order valence-corrected chi connectivity index (χ4v) is 3.69. The molecule has 23 heavy (non-hydrogen) atoms. The molecule has 0 saturated carbocycles. The molecule has 5 heteroatoms. The summed E-state index contributed by atoms with van der Waals surface area (Å²) >= 11 is 6.36. The van der Waals surface area contributed by atoms with Crippen molar-refractivity contribution in [1.82, 2.24) is 0 Å². The van der Waals surface area contributed by atoms with E-state index in [1.54, 1.807) is 13.8 Å². The van der Waals surface area contributed by atoms with Crippen LogP contribution in [0.5, 0.6) is 0 Å². The number of hydrogen-bond acceptors (Lipinski definition) is 2. The fraction of sp³-hybridized carbons (Fsp3) is 0.389. The molecule has 0 bridgehead atoms. The van der Waals surface area contributed by atoms with E-state index < -0.39 is 6.89 Å². The molecule has 0 atom stereocenters. The summed E-state index contributed by atoms with van der Waals surface area (Å²) < 4.78 is 0. The SMILES string of the molecule is C=P(C)(C)CCc1cc(N2C(=O)C(C)=C(C)C2=O)c(C)cc1Cl. The Morgan fingerprint density at radius 1 is 1.09 bits per heavy atom. The maximum atomic E-state index is 12.4. The van der Waals surface area contributed by atoms with Crippen molar-refractivity contribution in [3.8, 4) is 0 Å². The lowest BCUT2D eigenvalue weighted by Gasteiger charge is -2.20. The molecule has 1 heterocycles. The van der Waals surface area contributed by atoms with Crippen LogP contribution >= 0.6 is 18.5 Å². The Morgan fingerprint density at radius 2 is 1.61 bits per heavy atom. The summed E-state index contributed by atoms with van der Waals surface area (Å²) in [5.74, 6) is -0.484. The van der Waals surface area contributed by atoms with Crippen LogP contribution in [0.25, 0.3) is 0 Å². The highest BCUT2D eigenvalue weighted by molar-refractivity contribution is 7.72. The van der Waals surface area contributed by atoms with Gasteiger partial charge in [0.1, 0.15) is 0 Å². The molecule has 0 aromatic heterocycles. The molecular weight excluding hydrogens is 329 g/mol. The van der Waals surface area contributed by atoms with Gasteiger partial charge in [-0.2, -0.15) is 0 Å². The van der Waals surface area contributed by atoms with E-state index in [0.29, 0.717) is 21.9 Å². The number of carbonyl (C=O) groups excluding carboxylic acids is 2. The average molecular weight is 352 g/mol. The van der Waals surface area contributed by atoms with Gasteiger partial charge in [0.2, 0.25) is 0 Å². The Kier molecular flexibility index (Phi) is 4.94. The first kappa shape index (κ1) is 18.0. The maximum absolute atomic E-state index is 12.4. The molecule has 0 radical (unpaired) electrons. The molecule has 0 fully saturated rings. The second-order valence-corrected chi connectivity index (χ2v) is 11.6. The fourth-order valence-electron chi connectivity index (χ4n) is 2.53. The van der Waals surface area contributed by atoms with Crippen LogP contribution in [0.1, 0.15) is 25.0 Å². The molecule has 0 saturated heterocycles. The van der Waals surface area contributed by atoms with Crippen molar-refractivity contribution in [3.63, 3.8) is 0 Å². The van der Waals surface area contributed by atoms with Gasteiger partial charge in [0, 0.05) is 16.2 Å². The number of nitrogens with zero attached hydrogens (tertiary/aromatic N) is 1. The second kappa shape index (κ2) is 6.30. The molecule has 1 aromatic carbocycles. The van der Waals surface area contributed by atoms with Crippen molar-refractivity contribution in [1.29, 1.82) is 0 Å². The summed E-state index contributed by atoms with van der Waals surface area (Å²) in [6.45, 7) is 8.45. The summed E-state index contributed by atoms with van der Waals surface area (Å²) in [4.78, 5) is 26.1. The van der Waals surface area contributed by atoms with Crippen LogP contribution in [0.15, 0.2) is 23.3 Å². The highest BCUT2D eigenvalue weighted by Crippen LogP contribution is 2.38. The van der Waals surface area contributed by atoms with E-state index in [9.17, 15) is 9.59 Å². The summed E-state index contributed by atoms with van der Waals surface area (Å²) in [5.41, 5.74) is 3.45. The topological polar surface area (TPSA) is 37.4 Å². The molecule has 124 valence electrons.